The monoisotopic (exact) mass is 346 g/mol. The molecule has 0 heterocycles. The summed E-state index contributed by atoms with van der Waals surface area (Å²) in [5.41, 5.74) is 0.875. The van der Waals surface area contributed by atoms with Gasteiger partial charge in [-0.3, -0.25) is 0 Å². The summed E-state index contributed by atoms with van der Waals surface area (Å²) >= 11 is 9.12. The van der Waals surface area contributed by atoms with Crippen LogP contribution in [0, 0.1) is 11.6 Å². The Morgan fingerprint density at radius 2 is 1.89 bits per heavy atom. The molecule has 0 spiro atoms. The molecular formula is C14H10BrClF2O. The van der Waals surface area contributed by atoms with Crippen molar-refractivity contribution in [3.8, 4) is 0 Å². The van der Waals surface area contributed by atoms with E-state index in [0.717, 1.165) is 6.07 Å². The quantitative estimate of drug-likeness (QED) is 0.856. The van der Waals surface area contributed by atoms with Crippen molar-refractivity contribution in [3.63, 3.8) is 0 Å². The van der Waals surface area contributed by atoms with E-state index in [9.17, 15) is 13.9 Å². The SMILES string of the molecule is OC(Cc1ccc(F)cc1F)c1ccc(Cl)c(Br)c1. The topological polar surface area (TPSA) is 20.2 Å². The zero-order chi connectivity index (χ0) is 14.0. The molecule has 1 nitrogen and oxygen atoms in total. The summed E-state index contributed by atoms with van der Waals surface area (Å²) in [4.78, 5) is 0. The van der Waals surface area contributed by atoms with Crippen molar-refractivity contribution in [2.24, 2.45) is 0 Å². The molecule has 100 valence electrons. The number of hydrogen-bond acceptors (Lipinski definition) is 1. The number of benzene rings is 2. The number of rotatable bonds is 3. The van der Waals surface area contributed by atoms with Crippen molar-refractivity contribution in [1.29, 1.82) is 0 Å². The molecule has 0 saturated heterocycles. The molecule has 0 amide bonds. The smallest absolute Gasteiger partial charge is 0.129 e. The lowest BCUT2D eigenvalue weighted by Crippen LogP contribution is -2.04. The van der Waals surface area contributed by atoms with Crippen LogP contribution < -0.4 is 0 Å². The van der Waals surface area contributed by atoms with E-state index in [2.05, 4.69) is 15.9 Å². The van der Waals surface area contributed by atoms with Crippen molar-refractivity contribution in [3.05, 3.63) is 68.7 Å². The Labute approximate surface area is 123 Å². The number of halogens is 4. The van der Waals surface area contributed by atoms with Crippen molar-refractivity contribution in [1.82, 2.24) is 0 Å². The van der Waals surface area contributed by atoms with Crippen molar-refractivity contribution < 1.29 is 13.9 Å². The lowest BCUT2D eigenvalue weighted by Gasteiger charge is -2.12. The molecule has 1 atom stereocenters. The fraction of sp³-hybridized carbons (Fsp3) is 0.143. The van der Waals surface area contributed by atoms with Crippen molar-refractivity contribution >= 4 is 27.5 Å². The minimum Gasteiger partial charge on any atom is -0.388 e. The summed E-state index contributed by atoms with van der Waals surface area (Å²) in [7, 11) is 0. The van der Waals surface area contributed by atoms with Gasteiger partial charge in [0.1, 0.15) is 11.6 Å². The van der Waals surface area contributed by atoms with Crippen molar-refractivity contribution in [2.45, 2.75) is 12.5 Å². The lowest BCUT2D eigenvalue weighted by molar-refractivity contribution is 0.177. The Bertz CT molecular complexity index is 604. The van der Waals surface area contributed by atoms with Crippen molar-refractivity contribution in [2.75, 3.05) is 0 Å². The first-order valence-electron chi connectivity index (χ1n) is 5.54. The van der Waals surface area contributed by atoms with E-state index in [1.54, 1.807) is 18.2 Å². The maximum Gasteiger partial charge on any atom is 0.129 e. The highest BCUT2D eigenvalue weighted by Crippen LogP contribution is 2.28. The molecule has 0 aliphatic rings. The second-order valence-corrected chi connectivity index (χ2v) is 5.39. The molecule has 1 N–H and O–H groups in total. The normalized spacial score (nSPS) is 12.5. The van der Waals surface area contributed by atoms with E-state index >= 15 is 0 Å². The minimum atomic E-state index is -0.881. The predicted molar refractivity (Wildman–Crippen MR) is 74.2 cm³/mol. The largest absolute Gasteiger partial charge is 0.388 e. The van der Waals surface area contributed by atoms with Gasteiger partial charge >= 0.3 is 0 Å². The number of aliphatic hydroxyl groups excluding tert-OH is 1. The van der Waals surface area contributed by atoms with Gasteiger partial charge in [0, 0.05) is 17.0 Å². The van der Waals surface area contributed by atoms with Crippen LogP contribution in [0.1, 0.15) is 17.2 Å². The van der Waals surface area contributed by atoms with Crippen LogP contribution in [-0.2, 0) is 6.42 Å². The van der Waals surface area contributed by atoms with E-state index in [4.69, 9.17) is 11.6 Å². The summed E-state index contributed by atoms with van der Waals surface area (Å²) < 4.78 is 26.9. The van der Waals surface area contributed by atoms with Gasteiger partial charge in [-0.2, -0.15) is 0 Å². The Morgan fingerprint density at radius 1 is 1.16 bits per heavy atom. The summed E-state index contributed by atoms with van der Waals surface area (Å²) in [6.07, 6.45) is -0.811. The fourth-order valence-corrected chi connectivity index (χ4v) is 2.25. The van der Waals surface area contributed by atoms with Gasteiger partial charge in [0.2, 0.25) is 0 Å². The minimum absolute atomic E-state index is 0.0696. The molecular weight excluding hydrogens is 338 g/mol. The second-order valence-electron chi connectivity index (χ2n) is 4.13. The lowest BCUT2D eigenvalue weighted by atomic mass is 10.0. The molecule has 0 radical (unpaired) electrons. The van der Waals surface area contributed by atoms with Gasteiger partial charge < -0.3 is 5.11 Å². The summed E-state index contributed by atoms with van der Waals surface area (Å²) in [6, 6.07) is 8.29. The summed E-state index contributed by atoms with van der Waals surface area (Å²) in [6.45, 7) is 0. The van der Waals surface area contributed by atoms with Crippen LogP contribution in [0.4, 0.5) is 8.78 Å². The highest BCUT2D eigenvalue weighted by Gasteiger charge is 2.13. The number of aliphatic hydroxyl groups is 1. The molecule has 2 aromatic carbocycles. The van der Waals surface area contributed by atoms with Gasteiger partial charge in [0.25, 0.3) is 0 Å². The van der Waals surface area contributed by atoms with Crippen LogP contribution in [0.15, 0.2) is 40.9 Å². The van der Waals surface area contributed by atoms with Gasteiger partial charge in [0.15, 0.2) is 0 Å². The predicted octanol–water partition coefficient (Wildman–Crippen LogP) is 4.66. The maximum absolute atomic E-state index is 13.5. The van der Waals surface area contributed by atoms with Crippen LogP contribution >= 0.6 is 27.5 Å². The van der Waals surface area contributed by atoms with Gasteiger partial charge in [-0.15, -0.1) is 0 Å². The molecule has 0 aliphatic heterocycles. The molecule has 0 aromatic heterocycles. The molecule has 2 rings (SSSR count). The maximum atomic E-state index is 13.5. The first-order valence-corrected chi connectivity index (χ1v) is 6.71. The Morgan fingerprint density at radius 3 is 2.53 bits per heavy atom. The average Bonchev–Trinajstić information content (AvgIpc) is 2.36. The standard InChI is InChI=1S/C14H10BrClF2O/c15-11-5-9(2-4-12(11)16)14(19)6-8-1-3-10(17)7-13(8)18/h1-5,7,14,19H,6H2. The first kappa shape index (κ1) is 14.4. The van der Waals surface area contributed by atoms with Crippen LogP contribution in [0.25, 0.3) is 0 Å². The second kappa shape index (κ2) is 5.99. The third-order valence-corrected chi connectivity index (χ3v) is 3.97. The van der Waals surface area contributed by atoms with E-state index in [1.165, 1.54) is 12.1 Å². The molecule has 0 saturated carbocycles. The van der Waals surface area contributed by atoms with E-state index in [1.807, 2.05) is 0 Å². The number of hydrogen-bond donors (Lipinski definition) is 1. The molecule has 0 fully saturated rings. The molecule has 19 heavy (non-hydrogen) atoms. The Kier molecular flexibility index (Phi) is 4.55. The van der Waals surface area contributed by atoms with Gasteiger partial charge in [-0.1, -0.05) is 23.7 Å². The molecule has 0 aliphatic carbocycles. The van der Waals surface area contributed by atoms with E-state index in [0.29, 0.717) is 15.1 Å². The highest BCUT2D eigenvalue weighted by atomic mass is 79.9. The Balaban J connectivity index is 2.20. The third kappa shape index (κ3) is 3.53. The molecule has 2 aromatic rings. The first-order chi connectivity index (χ1) is 8.97. The van der Waals surface area contributed by atoms with Crippen LogP contribution in [0.3, 0.4) is 0 Å². The van der Waals surface area contributed by atoms with Gasteiger partial charge in [-0.05, 0) is 45.3 Å². The molecule has 1 unspecified atom stereocenters. The Hall–Kier alpha value is -0.970. The highest BCUT2D eigenvalue weighted by molar-refractivity contribution is 9.10. The fourth-order valence-electron chi connectivity index (χ4n) is 1.73. The van der Waals surface area contributed by atoms with Crippen LogP contribution in [0.5, 0.6) is 0 Å². The molecule has 0 bridgehead atoms. The summed E-state index contributed by atoms with van der Waals surface area (Å²) in [5.74, 6) is -1.29. The summed E-state index contributed by atoms with van der Waals surface area (Å²) in [5, 5.41) is 10.6. The van der Waals surface area contributed by atoms with Crippen LogP contribution in [0.2, 0.25) is 5.02 Å². The third-order valence-electron chi connectivity index (χ3n) is 2.76. The average molecular weight is 348 g/mol. The zero-order valence-electron chi connectivity index (χ0n) is 9.71. The van der Waals surface area contributed by atoms with E-state index in [-0.39, 0.29) is 12.0 Å². The zero-order valence-corrected chi connectivity index (χ0v) is 12.0. The van der Waals surface area contributed by atoms with Gasteiger partial charge in [0.05, 0.1) is 11.1 Å². The van der Waals surface area contributed by atoms with E-state index < -0.39 is 17.7 Å². The van der Waals surface area contributed by atoms with Gasteiger partial charge in [-0.25, -0.2) is 8.78 Å². The van der Waals surface area contributed by atoms with Crippen LogP contribution in [-0.4, -0.2) is 5.11 Å². The molecule has 5 heteroatoms.